The highest BCUT2D eigenvalue weighted by Crippen LogP contribution is 2.33. The standard InChI is InChI=1S/C20H14F3N5O2S/c1-3-31(29,30)16-7-12-6-11(9-24)4-5-13(12)26-18(16)19-27-14-8-17(20(21,22)23)25-10-15(14)28(19)2/h4-8,10H,3H2,1-2H3. The molecule has 1 aromatic carbocycles. The fraction of sp³-hybridized carbons (Fsp3) is 0.200. The van der Waals surface area contributed by atoms with Crippen LogP contribution >= 0.6 is 0 Å². The molecule has 7 nitrogen and oxygen atoms in total. The third-order valence-corrected chi connectivity index (χ3v) is 6.63. The minimum absolute atomic E-state index is 0.0152. The zero-order chi connectivity index (χ0) is 22.6. The molecule has 0 radical (unpaired) electrons. The van der Waals surface area contributed by atoms with Gasteiger partial charge in [-0.25, -0.2) is 23.4 Å². The smallest absolute Gasteiger partial charge is 0.324 e. The van der Waals surface area contributed by atoms with Crippen LogP contribution in [0.25, 0.3) is 33.5 Å². The number of nitriles is 1. The van der Waals surface area contributed by atoms with E-state index in [0.717, 1.165) is 12.3 Å². The predicted octanol–water partition coefficient (Wildman–Crippen LogP) is 3.87. The highest BCUT2D eigenvalue weighted by Gasteiger charge is 2.33. The summed E-state index contributed by atoms with van der Waals surface area (Å²) in [6, 6.07) is 8.86. The van der Waals surface area contributed by atoms with Gasteiger partial charge in [0.25, 0.3) is 0 Å². The van der Waals surface area contributed by atoms with Crippen molar-refractivity contribution in [2.24, 2.45) is 7.05 Å². The maximum atomic E-state index is 13.0. The number of aryl methyl sites for hydroxylation is 1. The number of rotatable bonds is 3. The van der Waals surface area contributed by atoms with Gasteiger partial charge in [-0.3, -0.25) is 0 Å². The Balaban J connectivity index is 2.04. The number of halogens is 3. The van der Waals surface area contributed by atoms with E-state index in [9.17, 15) is 21.6 Å². The molecule has 0 saturated heterocycles. The van der Waals surface area contributed by atoms with Crippen LogP contribution in [0.2, 0.25) is 0 Å². The minimum atomic E-state index is -4.64. The van der Waals surface area contributed by atoms with Gasteiger partial charge >= 0.3 is 6.18 Å². The maximum Gasteiger partial charge on any atom is 0.433 e. The van der Waals surface area contributed by atoms with E-state index >= 15 is 0 Å². The number of pyridine rings is 2. The number of imidazole rings is 1. The van der Waals surface area contributed by atoms with E-state index in [4.69, 9.17) is 5.26 Å². The van der Waals surface area contributed by atoms with Gasteiger partial charge in [0.05, 0.1) is 45.0 Å². The van der Waals surface area contributed by atoms with Crippen LogP contribution in [0.4, 0.5) is 13.2 Å². The van der Waals surface area contributed by atoms with Crippen LogP contribution < -0.4 is 0 Å². The highest BCUT2D eigenvalue weighted by molar-refractivity contribution is 7.91. The number of alkyl halides is 3. The first-order valence-electron chi connectivity index (χ1n) is 9.03. The number of nitrogens with zero attached hydrogens (tertiary/aromatic N) is 5. The van der Waals surface area contributed by atoms with E-state index in [-0.39, 0.29) is 27.7 Å². The van der Waals surface area contributed by atoms with Gasteiger partial charge in [-0.05, 0) is 30.3 Å². The first kappa shape index (κ1) is 20.7. The third kappa shape index (κ3) is 3.48. The Kier molecular flexibility index (Phi) is 4.70. The van der Waals surface area contributed by atoms with Crippen LogP contribution in [0.15, 0.2) is 41.4 Å². The minimum Gasteiger partial charge on any atom is -0.324 e. The van der Waals surface area contributed by atoms with Crippen LogP contribution in [-0.2, 0) is 23.1 Å². The zero-order valence-corrected chi connectivity index (χ0v) is 17.1. The molecule has 0 atom stereocenters. The summed E-state index contributed by atoms with van der Waals surface area (Å²) in [7, 11) is -2.22. The second-order valence-electron chi connectivity index (χ2n) is 6.81. The Bertz CT molecular complexity index is 1500. The third-order valence-electron chi connectivity index (χ3n) is 4.89. The molecule has 3 aromatic heterocycles. The molecule has 0 saturated carbocycles. The Hall–Kier alpha value is -3.52. The number of aromatic nitrogens is 4. The molecular weight excluding hydrogens is 431 g/mol. The van der Waals surface area contributed by atoms with E-state index in [1.807, 2.05) is 6.07 Å². The largest absolute Gasteiger partial charge is 0.433 e. The molecule has 11 heteroatoms. The van der Waals surface area contributed by atoms with E-state index in [2.05, 4.69) is 15.0 Å². The van der Waals surface area contributed by atoms with Gasteiger partial charge in [-0.2, -0.15) is 18.4 Å². The summed E-state index contributed by atoms with van der Waals surface area (Å²) in [6.45, 7) is 1.48. The fourth-order valence-electron chi connectivity index (χ4n) is 3.23. The van der Waals surface area contributed by atoms with Gasteiger partial charge in [0.1, 0.15) is 11.4 Å². The van der Waals surface area contributed by atoms with Crippen molar-refractivity contribution in [3.63, 3.8) is 0 Å². The van der Waals surface area contributed by atoms with Crippen molar-refractivity contribution in [2.75, 3.05) is 5.75 Å². The average molecular weight is 445 g/mol. The van der Waals surface area contributed by atoms with Gasteiger partial charge in [0.15, 0.2) is 15.7 Å². The zero-order valence-electron chi connectivity index (χ0n) is 16.3. The van der Waals surface area contributed by atoms with Crippen LogP contribution in [0.5, 0.6) is 0 Å². The molecule has 3 heterocycles. The first-order chi connectivity index (χ1) is 14.5. The van der Waals surface area contributed by atoms with E-state index in [0.29, 0.717) is 22.0 Å². The van der Waals surface area contributed by atoms with E-state index < -0.39 is 21.7 Å². The van der Waals surface area contributed by atoms with Crippen molar-refractivity contribution >= 4 is 31.8 Å². The molecule has 0 amide bonds. The molecule has 0 unspecified atom stereocenters. The quantitative estimate of drug-likeness (QED) is 0.475. The lowest BCUT2D eigenvalue weighted by atomic mass is 10.1. The molecule has 158 valence electrons. The second-order valence-corrected chi connectivity index (χ2v) is 9.05. The maximum absolute atomic E-state index is 13.0. The molecule has 0 bridgehead atoms. The topological polar surface area (TPSA) is 102 Å². The SMILES string of the molecule is CCS(=O)(=O)c1cc2cc(C#N)ccc2nc1-c1nc2cc(C(F)(F)F)ncc2n1C. The van der Waals surface area contributed by atoms with Crippen LogP contribution in [0, 0.1) is 11.3 Å². The lowest BCUT2D eigenvalue weighted by molar-refractivity contribution is -0.141. The van der Waals surface area contributed by atoms with Gasteiger partial charge < -0.3 is 4.57 Å². The number of benzene rings is 1. The first-order valence-corrected chi connectivity index (χ1v) is 10.7. The van der Waals surface area contributed by atoms with Crippen LogP contribution in [0.3, 0.4) is 0 Å². The monoisotopic (exact) mass is 445 g/mol. The number of sulfone groups is 1. The summed E-state index contributed by atoms with van der Waals surface area (Å²) >= 11 is 0. The molecule has 0 N–H and O–H groups in total. The molecular formula is C20H14F3N5O2S. The molecule has 4 aromatic rings. The summed E-state index contributed by atoms with van der Waals surface area (Å²) in [4.78, 5) is 12.0. The van der Waals surface area contributed by atoms with Gasteiger partial charge in [-0.15, -0.1) is 0 Å². The lowest BCUT2D eigenvalue weighted by Crippen LogP contribution is -2.09. The van der Waals surface area contributed by atoms with Crippen LogP contribution in [-0.4, -0.2) is 33.7 Å². The Labute approximate surface area is 174 Å². The summed E-state index contributed by atoms with van der Waals surface area (Å²) in [6.07, 6.45) is -3.59. The molecule has 31 heavy (non-hydrogen) atoms. The highest BCUT2D eigenvalue weighted by atomic mass is 32.2. The number of hydrogen-bond donors (Lipinski definition) is 0. The molecule has 0 spiro atoms. The molecule has 0 aliphatic heterocycles. The summed E-state index contributed by atoms with van der Waals surface area (Å²) in [5.41, 5.74) is -0.000521. The Morgan fingerprint density at radius 2 is 1.87 bits per heavy atom. The second kappa shape index (κ2) is 7.02. The van der Waals surface area contributed by atoms with Crippen molar-refractivity contribution in [1.29, 1.82) is 5.26 Å². The average Bonchev–Trinajstić information content (AvgIpc) is 3.07. The van der Waals surface area contributed by atoms with Crippen molar-refractivity contribution in [3.8, 4) is 17.6 Å². The van der Waals surface area contributed by atoms with E-state index in [1.54, 1.807) is 19.2 Å². The summed E-state index contributed by atoms with van der Waals surface area (Å²) in [5.74, 6) is -0.121. The Morgan fingerprint density at radius 3 is 2.52 bits per heavy atom. The van der Waals surface area contributed by atoms with Gasteiger partial charge in [-0.1, -0.05) is 6.92 Å². The van der Waals surface area contributed by atoms with Gasteiger partial charge in [0.2, 0.25) is 0 Å². The van der Waals surface area contributed by atoms with Crippen molar-refractivity contribution in [1.82, 2.24) is 19.5 Å². The van der Waals surface area contributed by atoms with Crippen molar-refractivity contribution in [2.45, 2.75) is 18.0 Å². The molecule has 0 fully saturated rings. The van der Waals surface area contributed by atoms with Gasteiger partial charge in [0, 0.05) is 12.4 Å². The van der Waals surface area contributed by atoms with Crippen molar-refractivity contribution < 1.29 is 21.6 Å². The normalized spacial score (nSPS) is 12.4. The molecule has 4 rings (SSSR count). The summed E-state index contributed by atoms with van der Waals surface area (Å²) in [5, 5.41) is 9.57. The Morgan fingerprint density at radius 1 is 1.13 bits per heavy atom. The predicted molar refractivity (Wildman–Crippen MR) is 107 cm³/mol. The number of hydrogen-bond acceptors (Lipinski definition) is 6. The molecule has 0 aliphatic rings. The lowest BCUT2D eigenvalue weighted by Gasteiger charge is -2.11. The summed E-state index contributed by atoms with van der Waals surface area (Å²) < 4.78 is 66.2. The molecule has 0 aliphatic carbocycles. The van der Waals surface area contributed by atoms with E-state index in [1.165, 1.54) is 23.6 Å². The van der Waals surface area contributed by atoms with Crippen LogP contribution in [0.1, 0.15) is 18.2 Å². The van der Waals surface area contributed by atoms with Crippen molar-refractivity contribution in [3.05, 3.63) is 47.8 Å². The fourth-order valence-corrected chi connectivity index (χ4v) is 4.28. The number of fused-ring (bicyclic) bond motifs is 2.